The standard InChI is InChI=1S/C26H26N2O2/c29-26-22-12-7-14-23(22)27-24-13-4-5-15-25(24)28(26)17-20-10-6-11-21(16-20)30-18-19-8-2-1-3-9-19/h1-6,8-11,13,15-16,22-23,27H,7,12,14,17-18H2. The SMILES string of the molecule is O=C1C2CCCC2Nc2ccccc2N1Cc1cccc(OCc2ccccc2)c1. The Morgan fingerprint density at radius 3 is 2.60 bits per heavy atom. The minimum absolute atomic E-state index is 0.0508. The molecule has 1 aliphatic carbocycles. The quantitative estimate of drug-likeness (QED) is 0.626. The van der Waals surface area contributed by atoms with Gasteiger partial charge in [-0.05, 0) is 48.2 Å². The Hall–Kier alpha value is -3.27. The van der Waals surface area contributed by atoms with Crippen molar-refractivity contribution in [1.29, 1.82) is 0 Å². The number of nitrogens with zero attached hydrogens (tertiary/aromatic N) is 1. The number of ether oxygens (including phenoxy) is 1. The molecule has 2 aliphatic rings. The molecule has 1 N–H and O–H groups in total. The number of carbonyl (C=O) groups excluding carboxylic acids is 1. The fraction of sp³-hybridized carbons (Fsp3) is 0.269. The Bertz CT molecular complexity index is 1030. The summed E-state index contributed by atoms with van der Waals surface area (Å²) in [6, 6.07) is 26.6. The molecule has 5 rings (SSSR count). The number of carbonyl (C=O) groups is 1. The van der Waals surface area contributed by atoms with Crippen LogP contribution in [0.25, 0.3) is 0 Å². The molecule has 1 amide bonds. The van der Waals surface area contributed by atoms with Gasteiger partial charge in [0, 0.05) is 6.04 Å². The highest BCUT2D eigenvalue weighted by Crippen LogP contribution is 2.39. The van der Waals surface area contributed by atoms with Crippen molar-refractivity contribution in [2.75, 3.05) is 10.2 Å². The number of fused-ring (bicyclic) bond motifs is 2. The monoisotopic (exact) mass is 398 g/mol. The highest BCUT2D eigenvalue weighted by Gasteiger charge is 2.39. The van der Waals surface area contributed by atoms with E-state index in [4.69, 9.17) is 4.74 Å². The second-order valence-corrected chi connectivity index (χ2v) is 8.15. The molecule has 0 bridgehead atoms. The molecule has 0 saturated heterocycles. The molecule has 3 aromatic carbocycles. The van der Waals surface area contributed by atoms with Gasteiger partial charge in [-0.2, -0.15) is 0 Å². The normalized spacial score (nSPS) is 20.1. The molecule has 2 atom stereocenters. The largest absolute Gasteiger partial charge is 0.489 e. The molecular formula is C26H26N2O2. The van der Waals surface area contributed by atoms with Gasteiger partial charge in [0.1, 0.15) is 12.4 Å². The van der Waals surface area contributed by atoms with E-state index in [9.17, 15) is 4.79 Å². The van der Waals surface area contributed by atoms with E-state index >= 15 is 0 Å². The third-order valence-electron chi connectivity index (χ3n) is 6.12. The Morgan fingerprint density at radius 2 is 1.70 bits per heavy atom. The lowest BCUT2D eigenvalue weighted by Crippen LogP contribution is -2.38. The molecule has 1 saturated carbocycles. The minimum Gasteiger partial charge on any atom is -0.489 e. The second-order valence-electron chi connectivity index (χ2n) is 8.15. The van der Waals surface area contributed by atoms with E-state index in [0.29, 0.717) is 13.2 Å². The van der Waals surface area contributed by atoms with Gasteiger partial charge < -0.3 is 15.0 Å². The zero-order chi connectivity index (χ0) is 20.3. The number of rotatable bonds is 5. The van der Waals surface area contributed by atoms with Crippen molar-refractivity contribution in [2.24, 2.45) is 5.92 Å². The molecular weight excluding hydrogens is 372 g/mol. The average molecular weight is 399 g/mol. The summed E-state index contributed by atoms with van der Waals surface area (Å²) in [6.45, 7) is 1.08. The number of para-hydroxylation sites is 2. The maximum Gasteiger partial charge on any atom is 0.232 e. The van der Waals surface area contributed by atoms with Crippen LogP contribution in [0.3, 0.4) is 0 Å². The summed E-state index contributed by atoms with van der Waals surface area (Å²) < 4.78 is 6.00. The van der Waals surface area contributed by atoms with Crippen LogP contribution in [0, 0.1) is 5.92 Å². The van der Waals surface area contributed by atoms with Crippen molar-refractivity contribution in [1.82, 2.24) is 0 Å². The Morgan fingerprint density at radius 1 is 0.900 bits per heavy atom. The van der Waals surface area contributed by atoms with Gasteiger partial charge in [0.05, 0.1) is 23.8 Å². The highest BCUT2D eigenvalue weighted by atomic mass is 16.5. The third-order valence-corrected chi connectivity index (χ3v) is 6.12. The van der Waals surface area contributed by atoms with Crippen LogP contribution < -0.4 is 15.0 Å². The number of benzene rings is 3. The number of nitrogens with one attached hydrogen (secondary N) is 1. The topological polar surface area (TPSA) is 41.6 Å². The van der Waals surface area contributed by atoms with E-state index in [1.807, 2.05) is 59.5 Å². The van der Waals surface area contributed by atoms with Gasteiger partial charge in [-0.1, -0.05) is 61.0 Å². The molecule has 1 heterocycles. The first-order chi connectivity index (χ1) is 14.8. The minimum atomic E-state index is 0.0508. The van der Waals surface area contributed by atoms with Crippen molar-refractivity contribution in [3.63, 3.8) is 0 Å². The van der Waals surface area contributed by atoms with Crippen molar-refractivity contribution in [3.05, 3.63) is 90.0 Å². The zero-order valence-electron chi connectivity index (χ0n) is 17.0. The van der Waals surface area contributed by atoms with Crippen LogP contribution in [0.4, 0.5) is 11.4 Å². The Balaban J connectivity index is 1.38. The first-order valence-electron chi connectivity index (χ1n) is 10.7. The van der Waals surface area contributed by atoms with Crippen LogP contribution >= 0.6 is 0 Å². The van der Waals surface area contributed by atoms with Crippen molar-refractivity contribution < 1.29 is 9.53 Å². The fourth-order valence-corrected chi connectivity index (χ4v) is 4.60. The smallest absolute Gasteiger partial charge is 0.232 e. The van der Waals surface area contributed by atoms with Crippen LogP contribution in [-0.4, -0.2) is 11.9 Å². The molecule has 4 heteroatoms. The zero-order valence-corrected chi connectivity index (χ0v) is 17.0. The second kappa shape index (κ2) is 8.23. The van der Waals surface area contributed by atoms with Crippen LogP contribution in [0.15, 0.2) is 78.9 Å². The summed E-state index contributed by atoms with van der Waals surface area (Å²) in [7, 11) is 0. The molecule has 4 nitrogen and oxygen atoms in total. The van der Waals surface area contributed by atoms with E-state index in [1.165, 1.54) is 0 Å². The maximum absolute atomic E-state index is 13.4. The van der Waals surface area contributed by atoms with Crippen molar-refractivity contribution in [2.45, 2.75) is 38.5 Å². The lowest BCUT2D eigenvalue weighted by atomic mass is 10.0. The molecule has 0 spiro atoms. The molecule has 152 valence electrons. The van der Waals surface area contributed by atoms with Gasteiger partial charge in [-0.3, -0.25) is 4.79 Å². The molecule has 1 aliphatic heterocycles. The number of amides is 1. The molecule has 0 radical (unpaired) electrons. The lowest BCUT2D eigenvalue weighted by molar-refractivity contribution is -0.122. The molecule has 2 unspecified atom stereocenters. The van der Waals surface area contributed by atoms with E-state index < -0.39 is 0 Å². The summed E-state index contributed by atoms with van der Waals surface area (Å²) in [5, 5.41) is 3.63. The highest BCUT2D eigenvalue weighted by molar-refractivity contribution is 6.00. The van der Waals surface area contributed by atoms with Crippen LogP contribution in [0.1, 0.15) is 30.4 Å². The molecule has 0 aromatic heterocycles. The maximum atomic E-state index is 13.4. The van der Waals surface area contributed by atoms with Crippen molar-refractivity contribution >= 4 is 17.3 Å². The number of anilines is 2. The summed E-state index contributed by atoms with van der Waals surface area (Å²) >= 11 is 0. The molecule has 1 fully saturated rings. The molecule has 30 heavy (non-hydrogen) atoms. The summed E-state index contributed by atoms with van der Waals surface area (Å²) in [5.74, 6) is 1.10. The predicted molar refractivity (Wildman–Crippen MR) is 120 cm³/mol. The van der Waals surface area contributed by atoms with Crippen LogP contribution in [-0.2, 0) is 17.9 Å². The summed E-state index contributed by atoms with van der Waals surface area (Å²) in [4.78, 5) is 15.4. The van der Waals surface area contributed by atoms with E-state index in [1.54, 1.807) is 0 Å². The summed E-state index contributed by atoms with van der Waals surface area (Å²) in [5.41, 5.74) is 4.22. The van der Waals surface area contributed by atoms with Gasteiger partial charge in [0.2, 0.25) is 5.91 Å². The lowest BCUT2D eigenvalue weighted by Gasteiger charge is -2.25. The van der Waals surface area contributed by atoms with Gasteiger partial charge in [-0.25, -0.2) is 0 Å². The summed E-state index contributed by atoms with van der Waals surface area (Å²) in [6.07, 6.45) is 3.12. The van der Waals surface area contributed by atoms with E-state index in [-0.39, 0.29) is 17.9 Å². The number of hydrogen-bond acceptors (Lipinski definition) is 3. The van der Waals surface area contributed by atoms with Gasteiger partial charge >= 0.3 is 0 Å². The molecule has 3 aromatic rings. The van der Waals surface area contributed by atoms with E-state index in [2.05, 4.69) is 29.6 Å². The fourth-order valence-electron chi connectivity index (χ4n) is 4.60. The first-order valence-corrected chi connectivity index (χ1v) is 10.7. The van der Waals surface area contributed by atoms with Gasteiger partial charge in [0.25, 0.3) is 0 Å². The number of hydrogen-bond donors (Lipinski definition) is 1. The Kier molecular flexibility index (Phi) is 5.14. The average Bonchev–Trinajstić information content (AvgIpc) is 3.21. The Labute approximate surface area is 177 Å². The first kappa shape index (κ1) is 18.7. The van der Waals surface area contributed by atoms with Gasteiger partial charge in [-0.15, -0.1) is 0 Å². The van der Waals surface area contributed by atoms with Crippen molar-refractivity contribution in [3.8, 4) is 5.75 Å². The van der Waals surface area contributed by atoms with Crippen LogP contribution in [0.2, 0.25) is 0 Å². The van der Waals surface area contributed by atoms with Crippen LogP contribution in [0.5, 0.6) is 5.75 Å². The van der Waals surface area contributed by atoms with E-state index in [0.717, 1.165) is 47.5 Å². The predicted octanol–water partition coefficient (Wildman–Crippen LogP) is 5.39. The third kappa shape index (κ3) is 3.78. The van der Waals surface area contributed by atoms with Gasteiger partial charge in [0.15, 0.2) is 0 Å².